The van der Waals surface area contributed by atoms with Crippen LogP contribution >= 0.6 is 0 Å². The average molecular weight is 702 g/mol. The van der Waals surface area contributed by atoms with Crippen LogP contribution in [0.1, 0.15) is 43.3 Å². The van der Waals surface area contributed by atoms with Crippen LogP contribution in [0, 0.1) is 6.92 Å². The molecule has 0 aliphatic carbocycles. The number of nitrogens with one attached hydrogen (secondary N) is 2. The second kappa shape index (κ2) is 15.4. The van der Waals surface area contributed by atoms with E-state index in [9.17, 15) is 37.5 Å². The van der Waals surface area contributed by atoms with E-state index in [0.29, 0.717) is 16.8 Å². The Balaban J connectivity index is 1.21. The van der Waals surface area contributed by atoms with E-state index in [1.165, 1.54) is 43.5 Å². The molecule has 0 saturated carbocycles. The number of anilines is 2. The first-order valence-electron chi connectivity index (χ1n) is 15.2. The van der Waals surface area contributed by atoms with Crippen LogP contribution in [0.15, 0.2) is 95.5 Å². The van der Waals surface area contributed by atoms with E-state index in [-0.39, 0.29) is 40.8 Å². The number of aromatic nitrogens is 2. The molecule has 15 heteroatoms. The summed E-state index contributed by atoms with van der Waals surface area (Å²) in [7, 11) is 1.24. The lowest BCUT2D eigenvalue weighted by molar-refractivity contribution is -0.139. The fraction of sp³-hybridized carbons (Fsp3) is 0.167. The Labute approximate surface area is 288 Å². The Morgan fingerprint density at radius 2 is 1.53 bits per heavy atom. The van der Waals surface area contributed by atoms with Crippen molar-refractivity contribution < 1.29 is 46.7 Å². The third-order valence-electron chi connectivity index (χ3n) is 7.52. The summed E-state index contributed by atoms with van der Waals surface area (Å²) in [5, 5.41) is 18.5. The average Bonchev–Trinajstić information content (AvgIpc) is 3.60. The Morgan fingerprint density at radius 1 is 0.882 bits per heavy atom. The topological polar surface area (TPSA) is 164 Å². The van der Waals surface area contributed by atoms with Crippen molar-refractivity contribution in [3.63, 3.8) is 0 Å². The van der Waals surface area contributed by atoms with Crippen molar-refractivity contribution in [1.82, 2.24) is 15.0 Å². The van der Waals surface area contributed by atoms with Crippen molar-refractivity contribution in [2.45, 2.75) is 26.1 Å². The Bertz CT molecular complexity index is 2050. The number of aryl methyl sites for hydroxylation is 1. The lowest BCUT2D eigenvalue weighted by Gasteiger charge is -2.21. The molecule has 262 valence electrons. The lowest BCUT2D eigenvalue weighted by atomic mass is 10.0. The maximum Gasteiger partial charge on any atom is 0.416 e. The number of hydrogen-bond donors (Lipinski definition) is 3. The van der Waals surface area contributed by atoms with Gasteiger partial charge in [-0.15, -0.1) is 0 Å². The number of halogens is 3. The molecule has 1 heterocycles. The molecule has 5 rings (SSSR count). The second-order valence-corrected chi connectivity index (χ2v) is 11.3. The van der Waals surface area contributed by atoms with Crippen LogP contribution in [0.5, 0.6) is 5.75 Å². The van der Waals surface area contributed by atoms with Gasteiger partial charge in [0.2, 0.25) is 11.7 Å². The maximum atomic E-state index is 13.5. The molecule has 12 nitrogen and oxygen atoms in total. The van der Waals surface area contributed by atoms with Crippen LogP contribution in [0.25, 0.3) is 11.4 Å². The van der Waals surface area contributed by atoms with E-state index < -0.39 is 48.4 Å². The smallest absolute Gasteiger partial charge is 0.416 e. The Kier molecular flexibility index (Phi) is 10.8. The minimum absolute atomic E-state index is 0.0000931. The number of aliphatic carboxylic acids is 1. The van der Waals surface area contributed by atoms with Gasteiger partial charge in [0.15, 0.2) is 0 Å². The van der Waals surface area contributed by atoms with Gasteiger partial charge in [-0.05, 0) is 66.6 Å². The number of benzene rings is 4. The molecule has 0 spiro atoms. The predicted molar refractivity (Wildman–Crippen MR) is 178 cm³/mol. The molecule has 0 aliphatic heterocycles. The number of carbonyl (C=O) groups excluding carboxylic acids is 3. The van der Waals surface area contributed by atoms with Crippen molar-refractivity contribution in [2.24, 2.45) is 0 Å². The minimum Gasteiger partial charge on any atom is -0.497 e. The fourth-order valence-electron chi connectivity index (χ4n) is 4.95. The van der Waals surface area contributed by atoms with Crippen molar-refractivity contribution in [2.75, 3.05) is 24.3 Å². The zero-order valence-corrected chi connectivity index (χ0v) is 27.2. The molecule has 0 bridgehead atoms. The Hall–Kier alpha value is -6.51. The summed E-state index contributed by atoms with van der Waals surface area (Å²) in [6.45, 7) is 1.22. The van der Waals surface area contributed by atoms with Crippen LogP contribution < -0.4 is 15.4 Å². The van der Waals surface area contributed by atoms with E-state index in [0.717, 1.165) is 16.5 Å². The molecule has 0 fully saturated rings. The number of alkyl halides is 3. The van der Waals surface area contributed by atoms with Gasteiger partial charge in [-0.25, -0.2) is 0 Å². The molecule has 0 saturated heterocycles. The summed E-state index contributed by atoms with van der Waals surface area (Å²) in [6.07, 6.45) is -5.27. The molecule has 0 unspecified atom stereocenters. The molecule has 0 radical (unpaired) electrons. The largest absolute Gasteiger partial charge is 0.497 e. The molecule has 51 heavy (non-hydrogen) atoms. The van der Waals surface area contributed by atoms with Gasteiger partial charge in [-0.2, -0.15) is 18.2 Å². The Morgan fingerprint density at radius 3 is 2.16 bits per heavy atom. The highest BCUT2D eigenvalue weighted by molar-refractivity contribution is 6.01. The van der Waals surface area contributed by atoms with Gasteiger partial charge in [0.25, 0.3) is 5.91 Å². The van der Waals surface area contributed by atoms with Gasteiger partial charge in [0.05, 0.1) is 19.1 Å². The monoisotopic (exact) mass is 701 g/mol. The number of methoxy groups -OCH3 is 1. The third-order valence-corrected chi connectivity index (χ3v) is 7.52. The number of amides is 3. The minimum atomic E-state index is -4.70. The van der Waals surface area contributed by atoms with Crippen LogP contribution in [0.2, 0.25) is 0 Å². The summed E-state index contributed by atoms with van der Waals surface area (Å²) < 4.78 is 50.6. The number of carbonyl (C=O) groups is 4. The predicted octanol–water partition coefficient (Wildman–Crippen LogP) is 6.23. The van der Waals surface area contributed by atoms with Crippen molar-refractivity contribution in [3.8, 4) is 17.1 Å². The highest BCUT2D eigenvalue weighted by Crippen LogP contribution is 2.35. The zero-order chi connectivity index (χ0) is 36.7. The molecular weight excluding hydrogens is 671 g/mol. The SMILES string of the molecule is COc1ccc(CC(=O)Nc2ccc(C(=O)N(CC(=O)O)Cc3ccc(-c4noc(C(=O)Nc5ccc(C)cc5)n4)cc3)cc2)c(C(F)(F)F)c1. The van der Waals surface area contributed by atoms with Crippen LogP contribution in [0.3, 0.4) is 0 Å². The van der Waals surface area contributed by atoms with E-state index >= 15 is 0 Å². The standard InChI is InChI=1S/C36H30F3N5O7/c1-21-3-12-27(13-4-21)41-33(48)34-42-32(43-51-34)23-7-5-22(6-8-23)19-44(20-31(46)47)35(49)24-9-14-26(15-10-24)40-30(45)17-25-11-16-28(50-2)18-29(25)36(37,38)39/h3-16,18H,17,19-20H2,1-2H3,(H,40,45)(H,41,48)(H,46,47). The summed E-state index contributed by atoms with van der Waals surface area (Å²) in [4.78, 5) is 55.4. The second-order valence-electron chi connectivity index (χ2n) is 11.3. The molecule has 3 amide bonds. The van der Waals surface area contributed by atoms with Crippen molar-refractivity contribution in [1.29, 1.82) is 0 Å². The summed E-state index contributed by atoms with van der Waals surface area (Å²) in [5.74, 6) is -3.26. The summed E-state index contributed by atoms with van der Waals surface area (Å²) >= 11 is 0. The number of nitrogens with zero attached hydrogens (tertiary/aromatic N) is 3. The van der Waals surface area contributed by atoms with Crippen molar-refractivity contribution in [3.05, 3.63) is 125 Å². The van der Waals surface area contributed by atoms with E-state index in [2.05, 4.69) is 20.8 Å². The first-order chi connectivity index (χ1) is 24.3. The number of carboxylic acid groups (broad SMARTS) is 1. The molecule has 5 aromatic rings. The van der Waals surface area contributed by atoms with Gasteiger partial charge in [-0.1, -0.05) is 53.2 Å². The number of ether oxygens (including phenoxy) is 1. The van der Waals surface area contributed by atoms with E-state index in [1.54, 1.807) is 36.4 Å². The quantitative estimate of drug-likeness (QED) is 0.137. The molecule has 1 aromatic heterocycles. The highest BCUT2D eigenvalue weighted by Gasteiger charge is 2.34. The normalized spacial score (nSPS) is 11.1. The zero-order valence-electron chi connectivity index (χ0n) is 27.2. The maximum absolute atomic E-state index is 13.5. The fourth-order valence-corrected chi connectivity index (χ4v) is 4.95. The lowest BCUT2D eigenvalue weighted by Crippen LogP contribution is -2.35. The van der Waals surface area contributed by atoms with Crippen LogP contribution in [-0.2, 0) is 28.7 Å². The van der Waals surface area contributed by atoms with Crippen LogP contribution in [-0.4, -0.2) is 57.5 Å². The molecular formula is C36H30F3N5O7. The van der Waals surface area contributed by atoms with Gasteiger partial charge in [0, 0.05) is 29.0 Å². The van der Waals surface area contributed by atoms with Gasteiger partial charge in [0.1, 0.15) is 12.3 Å². The first-order valence-corrected chi connectivity index (χ1v) is 15.2. The molecule has 3 N–H and O–H groups in total. The molecule has 0 atom stereocenters. The number of rotatable bonds is 12. The summed E-state index contributed by atoms with van der Waals surface area (Å²) in [6, 6.07) is 22.5. The summed E-state index contributed by atoms with van der Waals surface area (Å²) in [5.41, 5.74) is 1.77. The van der Waals surface area contributed by atoms with Crippen LogP contribution in [0.4, 0.5) is 24.5 Å². The van der Waals surface area contributed by atoms with Gasteiger partial charge in [-0.3, -0.25) is 19.2 Å². The van der Waals surface area contributed by atoms with Gasteiger partial charge < -0.3 is 29.9 Å². The number of carboxylic acids is 1. The van der Waals surface area contributed by atoms with E-state index in [1.807, 2.05) is 19.1 Å². The highest BCUT2D eigenvalue weighted by atomic mass is 19.4. The van der Waals surface area contributed by atoms with E-state index in [4.69, 9.17) is 9.26 Å². The number of hydrogen-bond acceptors (Lipinski definition) is 8. The van der Waals surface area contributed by atoms with Crippen molar-refractivity contribution >= 4 is 35.1 Å². The third kappa shape index (κ3) is 9.35. The molecule has 0 aliphatic rings. The first kappa shape index (κ1) is 35.8. The molecule has 4 aromatic carbocycles. The van der Waals surface area contributed by atoms with Gasteiger partial charge >= 0.3 is 23.9 Å².